The number of aromatic nitrogens is 3. The highest BCUT2D eigenvalue weighted by molar-refractivity contribution is 5.82. The number of nitrogens with one attached hydrogen (secondary N) is 2. The molecule has 0 atom stereocenters. The van der Waals surface area contributed by atoms with Gasteiger partial charge in [-0.2, -0.15) is 25.2 Å². The van der Waals surface area contributed by atoms with Gasteiger partial charge in [-0.05, 0) is 66.8 Å². The molecule has 12 nitrogen and oxygen atoms in total. The van der Waals surface area contributed by atoms with E-state index >= 15 is 0 Å². The monoisotopic (exact) mass is 464 g/mol. The Bertz CT molecular complexity index is 1130. The van der Waals surface area contributed by atoms with Crippen LogP contribution in [0.15, 0.2) is 46.6 Å². The lowest BCUT2D eigenvalue weighted by molar-refractivity contribution is 0.403. The van der Waals surface area contributed by atoms with E-state index in [0.29, 0.717) is 17.1 Å². The highest BCUT2D eigenvalue weighted by Gasteiger charge is 2.16. The van der Waals surface area contributed by atoms with Gasteiger partial charge in [-0.25, -0.2) is 10.9 Å². The molecule has 1 aliphatic heterocycles. The van der Waals surface area contributed by atoms with E-state index < -0.39 is 0 Å². The third kappa shape index (κ3) is 5.79. The summed E-state index contributed by atoms with van der Waals surface area (Å²) in [5.74, 6) is -0.0649. The van der Waals surface area contributed by atoms with E-state index in [1.165, 1.54) is 36.7 Å². The Morgan fingerprint density at radius 2 is 1.18 bits per heavy atom. The summed E-state index contributed by atoms with van der Waals surface area (Å²) in [7, 11) is 0. The Morgan fingerprint density at radius 3 is 1.65 bits per heavy atom. The van der Waals surface area contributed by atoms with Gasteiger partial charge in [-0.1, -0.05) is 0 Å². The third-order valence-electron chi connectivity index (χ3n) is 5.02. The number of hydrogen-bond acceptors (Lipinski definition) is 12. The molecule has 34 heavy (non-hydrogen) atoms. The van der Waals surface area contributed by atoms with Gasteiger partial charge in [0.2, 0.25) is 17.8 Å². The molecule has 6 N–H and O–H groups in total. The molecule has 3 aromatic rings. The highest BCUT2D eigenvalue weighted by atomic mass is 16.3. The zero-order valence-corrected chi connectivity index (χ0v) is 18.1. The van der Waals surface area contributed by atoms with E-state index in [-0.39, 0.29) is 34.9 Å². The first-order valence-corrected chi connectivity index (χ1v) is 10.6. The van der Waals surface area contributed by atoms with Crippen LogP contribution in [0.5, 0.6) is 23.0 Å². The van der Waals surface area contributed by atoms with Gasteiger partial charge in [-0.15, -0.1) is 0 Å². The lowest BCUT2D eigenvalue weighted by Gasteiger charge is -2.26. The maximum atomic E-state index is 9.61. The molecule has 0 aliphatic carbocycles. The first kappa shape index (κ1) is 22.6. The van der Waals surface area contributed by atoms with Gasteiger partial charge in [0.05, 0.1) is 12.4 Å². The maximum Gasteiger partial charge on any atom is 0.250 e. The van der Waals surface area contributed by atoms with Crippen molar-refractivity contribution in [3.63, 3.8) is 0 Å². The minimum atomic E-state index is -0.247. The van der Waals surface area contributed by atoms with E-state index in [9.17, 15) is 20.4 Å². The van der Waals surface area contributed by atoms with Crippen molar-refractivity contribution in [1.29, 1.82) is 0 Å². The number of aromatic hydroxyl groups is 4. The predicted molar refractivity (Wildman–Crippen MR) is 128 cm³/mol. The van der Waals surface area contributed by atoms with Gasteiger partial charge >= 0.3 is 0 Å². The molecular formula is C22H24N8O4. The standard InChI is InChI=1S/C22H24N8O4/c31-16-6-4-14(10-18(16)33)12-23-28-20-25-21(27-22(26-20)30-8-2-1-3-9-30)29-24-13-15-5-7-17(32)19(34)11-15/h4-7,10-13,31-34H,1-3,8-9H2,(H2,25,26,27,28,29)/b23-12+,24-13+. The lowest BCUT2D eigenvalue weighted by Crippen LogP contribution is -2.31. The second-order valence-electron chi connectivity index (χ2n) is 7.57. The molecule has 1 saturated heterocycles. The summed E-state index contributed by atoms with van der Waals surface area (Å²) >= 11 is 0. The highest BCUT2D eigenvalue weighted by Crippen LogP contribution is 2.25. The van der Waals surface area contributed by atoms with Gasteiger partial charge in [0.1, 0.15) is 0 Å². The summed E-state index contributed by atoms with van der Waals surface area (Å²) < 4.78 is 0. The van der Waals surface area contributed by atoms with Crippen LogP contribution in [0.2, 0.25) is 0 Å². The number of nitrogens with zero attached hydrogens (tertiary/aromatic N) is 6. The molecule has 2 heterocycles. The fraction of sp³-hybridized carbons (Fsp3) is 0.227. The molecular weight excluding hydrogens is 440 g/mol. The second-order valence-corrected chi connectivity index (χ2v) is 7.57. The number of hydrazone groups is 2. The zero-order valence-electron chi connectivity index (χ0n) is 18.1. The van der Waals surface area contributed by atoms with E-state index in [2.05, 4.69) is 40.9 Å². The normalized spacial score (nSPS) is 14.1. The van der Waals surface area contributed by atoms with Crippen LogP contribution in [-0.2, 0) is 0 Å². The predicted octanol–water partition coefficient (Wildman–Crippen LogP) is 2.58. The van der Waals surface area contributed by atoms with Gasteiger partial charge in [0.15, 0.2) is 23.0 Å². The van der Waals surface area contributed by atoms with Crippen LogP contribution in [0, 0.1) is 0 Å². The largest absolute Gasteiger partial charge is 0.504 e. The molecule has 0 saturated carbocycles. The Labute approximate surface area is 195 Å². The van der Waals surface area contributed by atoms with Crippen LogP contribution in [0.25, 0.3) is 0 Å². The zero-order chi connectivity index (χ0) is 23.9. The molecule has 1 aromatic heterocycles. The third-order valence-corrected chi connectivity index (χ3v) is 5.02. The van der Waals surface area contributed by atoms with Crippen LogP contribution in [0.4, 0.5) is 17.8 Å². The summed E-state index contributed by atoms with van der Waals surface area (Å²) in [6, 6.07) is 8.65. The molecule has 0 radical (unpaired) electrons. The van der Waals surface area contributed by atoms with Gasteiger partial charge in [0, 0.05) is 13.1 Å². The average molecular weight is 464 g/mol. The van der Waals surface area contributed by atoms with Crippen LogP contribution in [-0.4, -0.2) is 60.9 Å². The van der Waals surface area contributed by atoms with E-state index in [1.807, 2.05) is 0 Å². The van der Waals surface area contributed by atoms with E-state index in [0.717, 1.165) is 32.4 Å². The van der Waals surface area contributed by atoms with E-state index in [4.69, 9.17) is 0 Å². The number of phenolic OH excluding ortho intramolecular Hbond substituents is 4. The Hall–Kier alpha value is -4.61. The quantitative estimate of drug-likeness (QED) is 0.173. The van der Waals surface area contributed by atoms with Crippen molar-refractivity contribution in [2.75, 3.05) is 28.8 Å². The number of rotatable bonds is 7. The SMILES string of the molecule is Oc1ccc(/C=N/Nc2nc(N/N=C/c3ccc(O)c(O)c3)nc(N3CCCCC3)n2)cc1O. The summed E-state index contributed by atoms with van der Waals surface area (Å²) in [6.07, 6.45) is 6.15. The van der Waals surface area contributed by atoms with Crippen molar-refractivity contribution in [1.82, 2.24) is 15.0 Å². The maximum absolute atomic E-state index is 9.61. The molecule has 4 rings (SSSR count). The number of phenols is 4. The summed E-state index contributed by atoms with van der Waals surface area (Å²) in [4.78, 5) is 15.2. The van der Waals surface area contributed by atoms with Crippen LogP contribution in [0.3, 0.4) is 0 Å². The molecule has 2 aromatic carbocycles. The van der Waals surface area contributed by atoms with Crippen molar-refractivity contribution in [2.45, 2.75) is 19.3 Å². The number of benzene rings is 2. The molecule has 176 valence electrons. The number of piperidine rings is 1. The smallest absolute Gasteiger partial charge is 0.250 e. The first-order valence-electron chi connectivity index (χ1n) is 10.6. The minimum absolute atomic E-state index is 0.190. The molecule has 0 spiro atoms. The van der Waals surface area contributed by atoms with Crippen LogP contribution in [0.1, 0.15) is 30.4 Å². The average Bonchev–Trinajstić information content (AvgIpc) is 2.84. The van der Waals surface area contributed by atoms with Gasteiger partial charge < -0.3 is 25.3 Å². The minimum Gasteiger partial charge on any atom is -0.504 e. The van der Waals surface area contributed by atoms with Gasteiger partial charge in [0.25, 0.3) is 0 Å². The topological polar surface area (TPSA) is 172 Å². The molecule has 1 fully saturated rings. The molecule has 0 bridgehead atoms. The van der Waals surface area contributed by atoms with Crippen molar-refractivity contribution in [2.24, 2.45) is 10.2 Å². The number of anilines is 3. The summed E-state index contributed by atoms with van der Waals surface area (Å²) in [5.41, 5.74) is 6.63. The Morgan fingerprint density at radius 1 is 0.676 bits per heavy atom. The Balaban J connectivity index is 1.52. The van der Waals surface area contributed by atoms with Crippen LogP contribution >= 0.6 is 0 Å². The molecule has 0 unspecified atom stereocenters. The molecule has 1 aliphatic rings. The molecule has 0 amide bonds. The van der Waals surface area contributed by atoms with Gasteiger partial charge in [-0.3, -0.25) is 0 Å². The van der Waals surface area contributed by atoms with E-state index in [1.54, 1.807) is 12.1 Å². The second kappa shape index (κ2) is 10.3. The molecule has 12 heteroatoms. The Kier molecular flexibility index (Phi) is 6.87. The van der Waals surface area contributed by atoms with Crippen molar-refractivity contribution in [3.05, 3.63) is 47.5 Å². The number of hydrogen-bond donors (Lipinski definition) is 6. The summed E-state index contributed by atoms with van der Waals surface area (Å²) in [5, 5.41) is 46.3. The lowest BCUT2D eigenvalue weighted by atomic mass is 10.1. The van der Waals surface area contributed by atoms with Crippen molar-refractivity contribution < 1.29 is 20.4 Å². The van der Waals surface area contributed by atoms with Crippen LogP contribution < -0.4 is 15.8 Å². The first-order chi connectivity index (χ1) is 16.5. The summed E-state index contributed by atoms with van der Waals surface area (Å²) in [6.45, 7) is 1.66. The fourth-order valence-corrected chi connectivity index (χ4v) is 3.27. The van der Waals surface area contributed by atoms with Crippen molar-refractivity contribution >= 4 is 30.3 Å². The van der Waals surface area contributed by atoms with Crippen molar-refractivity contribution in [3.8, 4) is 23.0 Å². The fourth-order valence-electron chi connectivity index (χ4n) is 3.27.